The lowest BCUT2D eigenvalue weighted by atomic mass is 10.2. The first-order valence-corrected chi connectivity index (χ1v) is 7.21. The molecule has 0 amide bonds. The molecule has 0 saturated carbocycles. The molecular weight excluding hydrogens is 334 g/mol. The van der Waals surface area contributed by atoms with Crippen LogP contribution in [0.2, 0.25) is 0 Å². The van der Waals surface area contributed by atoms with Crippen LogP contribution in [0, 0.1) is 23.0 Å². The van der Waals surface area contributed by atoms with Crippen molar-refractivity contribution in [3.63, 3.8) is 0 Å². The highest BCUT2D eigenvalue weighted by molar-refractivity contribution is 9.10. The molecular formula is C15H10BrN3S. The van der Waals surface area contributed by atoms with Crippen LogP contribution in [0.4, 0.5) is 0 Å². The summed E-state index contributed by atoms with van der Waals surface area (Å²) in [6.45, 7) is 2.04. The van der Waals surface area contributed by atoms with Gasteiger partial charge < -0.3 is 4.98 Å². The predicted molar refractivity (Wildman–Crippen MR) is 85.6 cm³/mol. The number of aromatic nitrogens is 2. The maximum atomic E-state index is 9.17. The average Bonchev–Trinajstić information content (AvgIpc) is 2.73. The van der Waals surface area contributed by atoms with Crippen molar-refractivity contribution in [3.8, 4) is 11.8 Å². The Kier molecular flexibility index (Phi) is 3.20. The van der Waals surface area contributed by atoms with Gasteiger partial charge in [-0.05, 0) is 55.0 Å². The maximum absolute atomic E-state index is 9.17. The molecule has 5 heteroatoms. The largest absolute Gasteiger partial charge is 0.329 e. The Morgan fingerprint density at radius 1 is 1.30 bits per heavy atom. The summed E-state index contributed by atoms with van der Waals surface area (Å²) >= 11 is 8.92. The lowest BCUT2D eigenvalue weighted by molar-refractivity contribution is 1.06. The van der Waals surface area contributed by atoms with Crippen LogP contribution in [0.25, 0.3) is 16.7 Å². The number of rotatable bonds is 1. The summed E-state index contributed by atoms with van der Waals surface area (Å²) in [4.78, 5) is 3.12. The van der Waals surface area contributed by atoms with Gasteiger partial charge in [-0.25, -0.2) is 0 Å². The lowest BCUT2D eigenvalue weighted by Gasteiger charge is -2.07. The van der Waals surface area contributed by atoms with Crippen LogP contribution in [0.1, 0.15) is 11.1 Å². The number of nitrogens with zero attached hydrogens (tertiary/aromatic N) is 2. The predicted octanol–water partition coefficient (Wildman–Crippen LogP) is 4.63. The number of benzene rings is 2. The van der Waals surface area contributed by atoms with Gasteiger partial charge in [-0.1, -0.05) is 22.0 Å². The molecule has 1 N–H and O–H groups in total. The molecule has 0 aliphatic rings. The third-order valence-corrected chi connectivity index (χ3v) is 3.87. The molecule has 0 spiro atoms. The number of para-hydroxylation sites is 1. The zero-order chi connectivity index (χ0) is 14.3. The van der Waals surface area contributed by atoms with E-state index < -0.39 is 0 Å². The second kappa shape index (κ2) is 4.89. The summed E-state index contributed by atoms with van der Waals surface area (Å²) in [6.07, 6.45) is 0. The number of H-pyrrole nitrogens is 1. The molecule has 0 bridgehead atoms. The van der Waals surface area contributed by atoms with E-state index in [0.29, 0.717) is 10.3 Å². The van der Waals surface area contributed by atoms with Gasteiger partial charge in [0.05, 0.1) is 16.6 Å². The highest BCUT2D eigenvalue weighted by Crippen LogP contribution is 2.25. The summed E-state index contributed by atoms with van der Waals surface area (Å²) in [5, 5.41) is 9.17. The SMILES string of the molecule is Cc1cc(Br)cc(-n2c(=S)[nH]c3c(C#N)cccc32)c1. The molecule has 3 rings (SSSR count). The van der Waals surface area contributed by atoms with Crippen molar-refractivity contribution in [1.29, 1.82) is 5.26 Å². The maximum Gasteiger partial charge on any atom is 0.182 e. The molecule has 0 fully saturated rings. The molecule has 1 aromatic heterocycles. The van der Waals surface area contributed by atoms with E-state index in [2.05, 4.69) is 33.0 Å². The average molecular weight is 344 g/mol. The zero-order valence-electron chi connectivity index (χ0n) is 10.6. The summed E-state index contributed by atoms with van der Waals surface area (Å²) < 4.78 is 3.53. The summed E-state index contributed by atoms with van der Waals surface area (Å²) in [7, 11) is 0. The zero-order valence-corrected chi connectivity index (χ0v) is 13.0. The fraction of sp³-hybridized carbons (Fsp3) is 0.0667. The quantitative estimate of drug-likeness (QED) is 0.654. The van der Waals surface area contributed by atoms with Crippen molar-refractivity contribution in [1.82, 2.24) is 9.55 Å². The normalized spacial score (nSPS) is 10.7. The van der Waals surface area contributed by atoms with Gasteiger partial charge in [0.1, 0.15) is 6.07 Å². The van der Waals surface area contributed by atoms with Crippen molar-refractivity contribution in [3.05, 3.63) is 56.8 Å². The van der Waals surface area contributed by atoms with Crippen molar-refractivity contribution < 1.29 is 0 Å². The third-order valence-electron chi connectivity index (χ3n) is 3.12. The van der Waals surface area contributed by atoms with E-state index in [1.165, 1.54) is 0 Å². The van der Waals surface area contributed by atoms with E-state index in [1.54, 1.807) is 6.07 Å². The Balaban J connectivity index is 2.40. The minimum atomic E-state index is 0.584. The first kappa shape index (κ1) is 13.1. The van der Waals surface area contributed by atoms with Gasteiger partial charge >= 0.3 is 0 Å². The Bertz CT molecular complexity index is 895. The fourth-order valence-electron chi connectivity index (χ4n) is 2.33. The highest BCUT2D eigenvalue weighted by atomic mass is 79.9. The fourth-order valence-corrected chi connectivity index (χ4v) is 3.23. The van der Waals surface area contributed by atoms with Crippen LogP contribution in [-0.2, 0) is 0 Å². The Morgan fingerprint density at radius 2 is 2.10 bits per heavy atom. The molecule has 98 valence electrons. The molecule has 0 saturated heterocycles. The monoisotopic (exact) mass is 343 g/mol. The number of hydrogen-bond acceptors (Lipinski definition) is 2. The molecule has 2 aromatic carbocycles. The van der Waals surface area contributed by atoms with Crippen LogP contribution in [-0.4, -0.2) is 9.55 Å². The number of aromatic amines is 1. The molecule has 0 aliphatic carbocycles. The van der Waals surface area contributed by atoms with Crippen LogP contribution < -0.4 is 0 Å². The minimum absolute atomic E-state index is 0.584. The molecule has 0 atom stereocenters. The molecule has 3 aromatic rings. The van der Waals surface area contributed by atoms with E-state index in [0.717, 1.165) is 26.8 Å². The Morgan fingerprint density at radius 3 is 2.80 bits per heavy atom. The van der Waals surface area contributed by atoms with Gasteiger partial charge in [-0.2, -0.15) is 5.26 Å². The van der Waals surface area contributed by atoms with Gasteiger partial charge in [0, 0.05) is 10.2 Å². The summed E-state index contributed by atoms with van der Waals surface area (Å²) in [5.74, 6) is 0. The second-order valence-electron chi connectivity index (χ2n) is 4.56. The van der Waals surface area contributed by atoms with Crippen LogP contribution in [0.5, 0.6) is 0 Å². The minimum Gasteiger partial charge on any atom is -0.329 e. The second-order valence-corrected chi connectivity index (χ2v) is 5.87. The number of halogens is 1. The first-order chi connectivity index (χ1) is 9.60. The van der Waals surface area contributed by atoms with E-state index in [9.17, 15) is 5.26 Å². The molecule has 3 nitrogen and oxygen atoms in total. The number of fused-ring (bicyclic) bond motifs is 1. The first-order valence-electron chi connectivity index (χ1n) is 6.01. The van der Waals surface area contributed by atoms with Gasteiger partial charge in [0.15, 0.2) is 4.77 Å². The number of aryl methyl sites for hydroxylation is 1. The number of nitriles is 1. The van der Waals surface area contributed by atoms with Gasteiger partial charge in [0.25, 0.3) is 0 Å². The van der Waals surface area contributed by atoms with Crippen LogP contribution >= 0.6 is 28.1 Å². The highest BCUT2D eigenvalue weighted by Gasteiger charge is 2.10. The Hall–Kier alpha value is -1.90. The van der Waals surface area contributed by atoms with Crippen LogP contribution in [0.15, 0.2) is 40.9 Å². The van der Waals surface area contributed by atoms with E-state index >= 15 is 0 Å². The molecule has 1 heterocycles. The molecule has 0 radical (unpaired) electrons. The van der Waals surface area contributed by atoms with E-state index in [4.69, 9.17) is 12.2 Å². The van der Waals surface area contributed by atoms with Crippen molar-refractivity contribution >= 4 is 39.2 Å². The molecule has 0 unspecified atom stereocenters. The van der Waals surface area contributed by atoms with E-state index in [1.807, 2.05) is 35.8 Å². The van der Waals surface area contributed by atoms with Gasteiger partial charge in [-0.15, -0.1) is 0 Å². The summed E-state index contributed by atoms with van der Waals surface area (Å²) in [6, 6.07) is 13.9. The van der Waals surface area contributed by atoms with Crippen molar-refractivity contribution in [2.24, 2.45) is 0 Å². The topological polar surface area (TPSA) is 44.5 Å². The van der Waals surface area contributed by atoms with Crippen molar-refractivity contribution in [2.75, 3.05) is 0 Å². The standard InChI is InChI=1S/C15H10BrN3S/c1-9-5-11(16)7-12(6-9)19-13-4-2-3-10(8-17)14(13)18-15(19)20/h2-7H,1H3,(H,18,20). The lowest BCUT2D eigenvalue weighted by Crippen LogP contribution is -1.94. The third kappa shape index (κ3) is 2.07. The summed E-state index contributed by atoms with van der Waals surface area (Å²) in [5.41, 5.74) is 4.40. The smallest absolute Gasteiger partial charge is 0.182 e. The van der Waals surface area contributed by atoms with Gasteiger partial charge in [0.2, 0.25) is 0 Å². The van der Waals surface area contributed by atoms with Crippen molar-refractivity contribution in [2.45, 2.75) is 6.92 Å². The number of nitrogens with one attached hydrogen (secondary N) is 1. The molecule has 20 heavy (non-hydrogen) atoms. The molecule has 0 aliphatic heterocycles. The van der Waals surface area contributed by atoms with E-state index in [-0.39, 0.29) is 0 Å². The number of hydrogen-bond donors (Lipinski definition) is 1. The van der Waals surface area contributed by atoms with Gasteiger partial charge in [-0.3, -0.25) is 4.57 Å². The van der Waals surface area contributed by atoms with Crippen LogP contribution in [0.3, 0.4) is 0 Å². The Labute approximate surface area is 129 Å². The number of imidazole rings is 1.